The fraction of sp³-hybridized carbons (Fsp3) is 0.400. The van der Waals surface area contributed by atoms with E-state index < -0.39 is 11.6 Å². The number of carbonyl (C=O) groups is 2. The SMILES string of the molecule is O=C(O)c1cc2c(s1)CCOC21CCN(C(=O)COc2ccccc2)CC1. The number of piperidine rings is 1. The van der Waals surface area contributed by atoms with E-state index >= 15 is 0 Å². The molecule has 27 heavy (non-hydrogen) atoms. The largest absolute Gasteiger partial charge is 0.484 e. The molecule has 0 radical (unpaired) electrons. The van der Waals surface area contributed by atoms with Crippen LogP contribution < -0.4 is 4.74 Å². The number of hydrogen-bond donors (Lipinski definition) is 1. The predicted molar refractivity (Wildman–Crippen MR) is 100 cm³/mol. The van der Waals surface area contributed by atoms with E-state index in [1.165, 1.54) is 11.3 Å². The third-order valence-electron chi connectivity index (χ3n) is 5.25. The molecule has 2 aromatic rings. The van der Waals surface area contributed by atoms with Crippen LogP contribution in [0.4, 0.5) is 0 Å². The number of hydrogen-bond acceptors (Lipinski definition) is 5. The molecule has 0 saturated carbocycles. The van der Waals surface area contributed by atoms with Gasteiger partial charge in [0.05, 0.1) is 12.2 Å². The second-order valence-corrected chi connectivity index (χ2v) is 7.96. The Bertz CT molecular complexity index is 839. The van der Waals surface area contributed by atoms with Crippen LogP contribution in [0.25, 0.3) is 0 Å². The molecule has 3 heterocycles. The number of carboxylic acids is 1. The molecule has 1 fully saturated rings. The van der Waals surface area contributed by atoms with Crippen molar-refractivity contribution in [3.05, 3.63) is 51.7 Å². The topological polar surface area (TPSA) is 76.1 Å². The highest BCUT2D eigenvalue weighted by Gasteiger charge is 2.43. The summed E-state index contributed by atoms with van der Waals surface area (Å²) in [7, 11) is 0. The van der Waals surface area contributed by atoms with Gasteiger partial charge in [-0.3, -0.25) is 4.79 Å². The normalized spacial score (nSPS) is 18.1. The minimum absolute atomic E-state index is 0.0186. The number of ether oxygens (including phenoxy) is 2. The molecule has 6 nitrogen and oxygen atoms in total. The maximum Gasteiger partial charge on any atom is 0.345 e. The first-order valence-corrected chi connectivity index (χ1v) is 9.85. The summed E-state index contributed by atoms with van der Waals surface area (Å²) in [4.78, 5) is 27.1. The molecule has 7 heteroatoms. The molecule has 2 aliphatic rings. The highest BCUT2D eigenvalue weighted by Crippen LogP contribution is 2.44. The van der Waals surface area contributed by atoms with Crippen LogP contribution in [0.3, 0.4) is 0 Å². The van der Waals surface area contributed by atoms with E-state index in [0.29, 0.717) is 43.2 Å². The van der Waals surface area contributed by atoms with E-state index in [-0.39, 0.29) is 12.5 Å². The zero-order valence-corrected chi connectivity index (χ0v) is 15.7. The number of amides is 1. The molecule has 2 aliphatic heterocycles. The molecule has 0 unspecified atom stereocenters. The molecular formula is C20H21NO5S. The van der Waals surface area contributed by atoms with Crippen molar-refractivity contribution < 1.29 is 24.2 Å². The first kappa shape index (κ1) is 18.0. The molecule has 1 saturated heterocycles. The van der Waals surface area contributed by atoms with Gasteiger partial charge < -0.3 is 19.5 Å². The van der Waals surface area contributed by atoms with Gasteiger partial charge in [-0.1, -0.05) is 18.2 Å². The van der Waals surface area contributed by atoms with E-state index in [1.807, 2.05) is 30.3 Å². The minimum Gasteiger partial charge on any atom is -0.484 e. The van der Waals surface area contributed by atoms with Crippen molar-refractivity contribution in [1.82, 2.24) is 4.90 Å². The molecule has 1 amide bonds. The number of nitrogens with zero attached hydrogens (tertiary/aromatic N) is 1. The fourth-order valence-corrected chi connectivity index (χ4v) is 4.88. The zero-order valence-electron chi connectivity index (χ0n) is 14.8. The summed E-state index contributed by atoms with van der Waals surface area (Å²) >= 11 is 1.34. The summed E-state index contributed by atoms with van der Waals surface area (Å²) in [5.74, 6) is -0.254. The summed E-state index contributed by atoms with van der Waals surface area (Å²) in [6, 6.07) is 11.1. The summed E-state index contributed by atoms with van der Waals surface area (Å²) < 4.78 is 11.7. The maximum atomic E-state index is 12.5. The van der Waals surface area contributed by atoms with E-state index in [4.69, 9.17) is 9.47 Å². The standard InChI is InChI=1S/C20H21NO5S/c22-18(13-25-14-4-2-1-3-5-14)21-9-7-20(8-10-21)15-12-17(19(23)24)27-16(15)6-11-26-20/h1-5,12H,6-11,13H2,(H,23,24). The van der Waals surface area contributed by atoms with Gasteiger partial charge in [0.25, 0.3) is 5.91 Å². The van der Waals surface area contributed by atoms with Crippen molar-refractivity contribution in [2.75, 3.05) is 26.3 Å². The van der Waals surface area contributed by atoms with Crippen LogP contribution in [0.15, 0.2) is 36.4 Å². The summed E-state index contributed by atoms with van der Waals surface area (Å²) in [5, 5.41) is 9.29. The molecule has 1 aromatic carbocycles. The minimum atomic E-state index is -0.893. The number of fused-ring (bicyclic) bond motifs is 2. The average molecular weight is 387 g/mol. The Hall–Kier alpha value is -2.38. The molecular weight excluding hydrogens is 366 g/mol. The van der Waals surface area contributed by atoms with Crippen molar-refractivity contribution in [3.8, 4) is 5.75 Å². The number of likely N-dealkylation sites (tertiary alicyclic amines) is 1. The second-order valence-electron chi connectivity index (χ2n) is 6.83. The Labute approximate surface area is 161 Å². The number of thiophene rings is 1. The fourth-order valence-electron chi connectivity index (χ4n) is 3.81. The van der Waals surface area contributed by atoms with E-state index in [9.17, 15) is 14.7 Å². The van der Waals surface area contributed by atoms with Crippen LogP contribution >= 0.6 is 11.3 Å². The Balaban J connectivity index is 1.40. The van der Waals surface area contributed by atoms with E-state index in [2.05, 4.69) is 0 Å². The van der Waals surface area contributed by atoms with Crippen molar-refractivity contribution in [3.63, 3.8) is 0 Å². The quantitative estimate of drug-likeness (QED) is 0.873. The van der Waals surface area contributed by atoms with Crippen molar-refractivity contribution in [2.45, 2.75) is 24.9 Å². The lowest BCUT2D eigenvalue weighted by Crippen LogP contribution is -2.49. The van der Waals surface area contributed by atoms with Crippen LogP contribution in [0, 0.1) is 0 Å². The van der Waals surface area contributed by atoms with Crippen molar-refractivity contribution in [2.24, 2.45) is 0 Å². The molecule has 142 valence electrons. The monoisotopic (exact) mass is 387 g/mol. The lowest BCUT2D eigenvalue weighted by molar-refractivity contribution is -0.142. The molecule has 1 aromatic heterocycles. The first-order valence-electron chi connectivity index (χ1n) is 9.03. The van der Waals surface area contributed by atoms with Crippen molar-refractivity contribution in [1.29, 1.82) is 0 Å². The second kappa shape index (κ2) is 7.32. The predicted octanol–water partition coefficient (Wildman–Crippen LogP) is 2.92. The van der Waals surface area contributed by atoms with Crippen LogP contribution in [-0.2, 0) is 21.6 Å². The Morgan fingerprint density at radius 2 is 1.96 bits per heavy atom. The molecule has 4 rings (SSSR count). The van der Waals surface area contributed by atoms with Gasteiger partial charge in [-0.2, -0.15) is 0 Å². The van der Waals surface area contributed by atoms with E-state index in [0.717, 1.165) is 16.9 Å². The lowest BCUT2D eigenvalue weighted by Gasteiger charge is -2.44. The summed E-state index contributed by atoms with van der Waals surface area (Å²) in [6.07, 6.45) is 2.10. The van der Waals surface area contributed by atoms with Crippen LogP contribution in [-0.4, -0.2) is 48.2 Å². The zero-order chi connectivity index (χ0) is 18.9. The van der Waals surface area contributed by atoms with Gasteiger partial charge in [-0.15, -0.1) is 11.3 Å². The number of rotatable bonds is 4. The average Bonchev–Trinajstić information content (AvgIpc) is 3.14. The highest BCUT2D eigenvalue weighted by molar-refractivity contribution is 7.14. The maximum absolute atomic E-state index is 12.5. The Kier molecular flexibility index (Phi) is 4.88. The molecule has 1 spiro atoms. The Morgan fingerprint density at radius 3 is 2.67 bits per heavy atom. The van der Waals surface area contributed by atoms with E-state index in [1.54, 1.807) is 11.0 Å². The van der Waals surface area contributed by atoms with Gasteiger partial charge in [0.1, 0.15) is 10.6 Å². The number of para-hydroxylation sites is 1. The lowest BCUT2D eigenvalue weighted by atomic mass is 9.82. The van der Waals surface area contributed by atoms with Gasteiger partial charge in [0.15, 0.2) is 6.61 Å². The number of carbonyl (C=O) groups excluding carboxylic acids is 1. The summed E-state index contributed by atoms with van der Waals surface area (Å²) in [6.45, 7) is 1.77. The molecule has 0 atom stereocenters. The summed E-state index contributed by atoms with van der Waals surface area (Å²) in [5.41, 5.74) is 0.540. The molecule has 1 N–H and O–H groups in total. The van der Waals surface area contributed by atoms with Crippen LogP contribution in [0.1, 0.15) is 33.0 Å². The van der Waals surface area contributed by atoms with Crippen LogP contribution in [0.2, 0.25) is 0 Å². The van der Waals surface area contributed by atoms with Crippen molar-refractivity contribution >= 4 is 23.2 Å². The van der Waals surface area contributed by atoms with Gasteiger partial charge >= 0.3 is 5.97 Å². The van der Waals surface area contributed by atoms with Gasteiger partial charge in [0.2, 0.25) is 0 Å². The van der Waals surface area contributed by atoms with Crippen LogP contribution in [0.5, 0.6) is 5.75 Å². The van der Waals surface area contributed by atoms with Gasteiger partial charge in [-0.05, 0) is 36.6 Å². The molecule has 0 bridgehead atoms. The molecule has 0 aliphatic carbocycles. The Morgan fingerprint density at radius 1 is 1.22 bits per heavy atom. The third kappa shape index (κ3) is 3.57. The first-order chi connectivity index (χ1) is 13.1. The smallest absolute Gasteiger partial charge is 0.345 e. The number of carboxylic acid groups (broad SMARTS) is 1. The van der Waals surface area contributed by atoms with Gasteiger partial charge in [0, 0.05) is 24.4 Å². The number of aromatic carboxylic acids is 1. The number of benzene rings is 1. The highest BCUT2D eigenvalue weighted by atomic mass is 32.1. The van der Waals surface area contributed by atoms with Gasteiger partial charge in [-0.25, -0.2) is 4.79 Å². The third-order valence-corrected chi connectivity index (χ3v) is 6.43.